The third kappa shape index (κ3) is 4.15. The Hall–Kier alpha value is -3.74. The molecule has 1 aliphatic rings. The summed E-state index contributed by atoms with van der Waals surface area (Å²) in [5.41, 5.74) is 2.80. The Morgan fingerprint density at radius 1 is 1.17 bits per heavy atom. The second kappa shape index (κ2) is 8.32. The molecule has 1 amide bonds. The zero-order valence-electron chi connectivity index (χ0n) is 16.2. The molecular formula is C23H19FN2O4. The molecule has 0 radical (unpaired) electrons. The van der Waals surface area contributed by atoms with Crippen LogP contribution in [0.1, 0.15) is 39.7 Å². The number of furan rings is 1. The number of carbonyl (C=O) groups excluding carboxylic acids is 2. The summed E-state index contributed by atoms with van der Waals surface area (Å²) >= 11 is 0. The van der Waals surface area contributed by atoms with E-state index < -0.39 is 30.3 Å². The van der Waals surface area contributed by atoms with Crippen LogP contribution in [0, 0.1) is 12.7 Å². The first-order valence-corrected chi connectivity index (χ1v) is 9.44. The summed E-state index contributed by atoms with van der Waals surface area (Å²) in [7, 11) is 0. The maximum atomic E-state index is 13.3. The lowest BCUT2D eigenvalue weighted by Gasteiger charge is -2.19. The quantitative estimate of drug-likeness (QED) is 0.594. The van der Waals surface area contributed by atoms with Gasteiger partial charge in [-0.2, -0.15) is 5.10 Å². The van der Waals surface area contributed by atoms with Crippen LogP contribution in [-0.2, 0) is 9.53 Å². The molecule has 1 aromatic heterocycles. The van der Waals surface area contributed by atoms with Gasteiger partial charge in [0.05, 0.1) is 17.5 Å². The predicted molar refractivity (Wildman–Crippen MR) is 107 cm³/mol. The van der Waals surface area contributed by atoms with Gasteiger partial charge in [-0.1, -0.05) is 35.9 Å². The van der Waals surface area contributed by atoms with E-state index in [4.69, 9.17) is 9.15 Å². The molecule has 0 fully saturated rings. The number of rotatable bonds is 5. The van der Waals surface area contributed by atoms with Crippen LogP contribution in [0.15, 0.2) is 76.4 Å². The van der Waals surface area contributed by atoms with Gasteiger partial charge in [0.1, 0.15) is 17.6 Å². The van der Waals surface area contributed by atoms with Crippen molar-refractivity contribution in [1.82, 2.24) is 5.01 Å². The smallest absolute Gasteiger partial charge is 0.338 e. The van der Waals surface area contributed by atoms with Gasteiger partial charge in [0, 0.05) is 6.42 Å². The number of hydrogen-bond donors (Lipinski definition) is 0. The van der Waals surface area contributed by atoms with Gasteiger partial charge >= 0.3 is 5.97 Å². The molecule has 0 saturated heterocycles. The monoisotopic (exact) mass is 406 g/mol. The van der Waals surface area contributed by atoms with Crippen LogP contribution in [0.3, 0.4) is 0 Å². The van der Waals surface area contributed by atoms with E-state index in [1.54, 1.807) is 12.1 Å². The Labute approximate surface area is 172 Å². The van der Waals surface area contributed by atoms with Crippen LogP contribution in [0.2, 0.25) is 0 Å². The minimum atomic E-state index is -0.778. The molecule has 7 heteroatoms. The van der Waals surface area contributed by atoms with Crippen LogP contribution in [0.25, 0.3) is 0 Å². The third-order valence-electron chi connectivity index (χ3n) is 4.81. The number of nitrogens with zero attached hydrogens (tertiary/aromatic N) is 2. The largest absolute Gasteiger partial charge is 0.467 e. The summed E-state index contributed by atoms with van der Waals surface area (Å²) in [5.74, 6) is -1.24. The number of amides is 1. The second-order valence-corrected chi connectivity index (χ2v) is 6.97. The van der Waals surface area contributed by atoms with Crippen molar-refractivity contribution in [3.8, 4) is 0 Å². The Morgan fingerprint density at radius 2 is 1.97 bits per heavy atom. The molecule has 4 rings (SSSR count). The predicted octanol–water partition coefficient (Wildman–Crippen LogP) is 4.26. The number of hydrogen-bond acceptors (Lipinski definition) is 5. The Kier molecular flexibility index (Phi) is 5.43. The second-order valence-electron chi connectivity index (χ2n) is 6.97. The fraction of sp³-hybridized carbons (Fsp3) is 0.174. The summed E-state index contributed by atoms with van der Waals surface area (Å²) in [6, 6.07) is 16.0. The SMILES string of the molecule is Cc1ccc(C2=NN(C(=O)COC(=O)c3cccc(F)c3)[C@H](c3ccco3)C2)cc1. The normalized spacial score (nSPS) is 15.7. The molecule has 1 aliphatic heterocycles. The fourth-order valence-electron chi connectivity index (χ4n) is 3.26. The minimum Gasteiger partial charge on any atom is -0.467 e. The highest BCUT2D eigenvalue weighted by Crippen LogP contribution is 2.33. The van der Waals surface area contributed by atoms with E-state index in [9.17, 15) is 14.0 Å². The molecule has 0 unspecified atom stereocenters. The molecule has 2 heterocycles. The molecule has 0 aliphatic carbocycles. The Balaban J connectivity index is 1.51. The zero-order chi connectivity index (χ0) is 21.1. The van der Waals surface area contributed by atoms with Crippen LogP contribution in [0.5, 0.6) is 0 Å². The maximum absolute atomic E-state index is 13.3. The lowest BCUT2D eigenvalue weighted by molar-refractivity contribution is -0.136. The van der Waals surface area contributed by atoms with Gasteiger partial charge in [-0.05, 0) is 42.8 Å². The van der Waals surface area contributed by atoms with Gasteiger partial charge in [0.2, 0.25) is 0 Å². The van der Waals surface area contributed by atoms with Crippen molar-refractivity contribution in [1.29, 1.82) is 0 Å². The maximum Gasteiger partial charge on any atom is 0.338 e. The van der Waals surface area contributed by atoms with Crippen LogP contribution < -0.4 is 0 Å². The highest BCUT2D eigenvalue weighted by Gasteiger charge is 2.35. The molecule has 152 valence electrons. The standard InChI is InChI=1S/C23H19FN2O4/c1-15-7-9-16(10-8-15)19-13-20(21-6-3-11-29-21)26(25-19)22(27)14-30-23(28)17-4-2-5-18(24)12-17/h2-12,20H,13-14H2,1H3/t20-/m0/s1. The summed E-state index contributed by atoms with van der Waals surface area (Å²) in [5, 5.41) is 5.76. The summed E-state index contributed by atoms with van der Waals surface area (Å²) in [6.07, 6.45) is 2.01. The van der Waals surface area contributed by atoms with E-state index in [1.807, 2.05) is 31.2 Å². The van der Waals surface area contributed by atoms with Crippen molar-refractivity contribution in [3.05, 3.63) is 95.2 Å². The molecular weight excluding hydrogens is 387 g/mol. The topological polar surface area (TPSA) is 72.1 Å². The van der Waals surface area contributed by atoms with E-state index >= 15 is 0 Å². The van der Waals surface area contributed by atoms with E-state index in [2.05, 4.69) is 5.10 Å². The first kappa shape index (κ1) is 19.6. The summed E-state index contributed by atoms with van der Waals surface area (Å²) in [6.45, 7) is 1.48. The molecule has 2 aromatic carbocycles. The molecule has 6 nitrogen and oxygen atoms in total. The number of benzene rings is 2. The van der Waals surface area contributed by atoms with Crippen molar-refractivity contribution in [2.45, 2.75) is 19.4 Å². The molecule has 30 heavy (non-hydrogen) atoms. The van der Waals surface area contributed by atoms with Gasteiger partial charge in [0.25, 0.3) is 5.91 Å². The lowest BCUT2D eigenvalue weighted by atomic mass is 10.0. The highest BCUT2D eigenvalue weighted by atomic mass is 19.1. The van der Waals surface area contributed by atoms with E-state index in [0.717, 1.165) is 22.9 Å². The van der Waals surface area contributed by atoms with E-state index in [0.29, 0.717) is 12.2 Å². The van der Waals surface area contributed by atoms with Crippen molar-refractivity contribution in [2.75, 3.05) is 6.61 Å². The molecule has 0 saturated carbocycles. The van der Waals surface area contributed by atoms with Gasteiger partial charge in [-0.15, -0.1) is 0 Å². The van der Waals surface area contributed by atoms with Gasteiger partial charge in [-0.25, -0.2) is 14.2 Å². The Bertz CT molecular complexity index is 1090. The number of carbonyl (C=O) groups is 2. The van der Waals surface area contributed by atoms with Crippen molar-refractivity contribution < 1.29 is 23.1 Å². The zero-order valence-corrected chi connectivity index (χ0v) is 16.2. The average Bonchev–Trinajstić information content (AvgIpc) is 3.42. The van der Waals surface area contributed by atoms with Gasteiger partial charge in [-0.3, -0.25) is 4.79 Å². The molecule has 3 aromatic rings. The first-order chi connectivity index (χ1) is 14.5. The van der Waals surface area contributed by atoms with Gasteiger partial charge in [0.15, 0.2) is 6.61 Å². The van der Waals surface area contributed by atoms with E-state index in [1.165, 1.54) is 29.5 Å². The van der Waals surface area contributed by atoms with Crippen LogP contribution in [-0.4, -0.2) is 29.2 Å². The number of hydrazone groups is 1. The third-order valence-corrected chi connectivity index (χ3v) is 4.81. The number of halogens is 1. The minimum absolute atomic E-state index is 0.0376. The first-order valence-electron chi connectivity index (χ1n) is 9.44. The molecule has 0 spiro atoms. The van der Waals surface area contributed by atoms with Crippen molar-refractivity contribution >= 4 is 17.6 Å². The lowest BCUT2D eigenvalue weighted by Crippen LogP contribution is -2.31. The van der Waals surface area contributed by atoms with Crippen LogP contribution in [0.4, 0.5) is 4.39 Å². The average molecular weight is 406 g/mol. The summed E-state index contributed by atoms with van der Waals surface area (Å²) < 4.78 is 23.9. The molecule has 0 bridgehead atoms. The Morgan fingerprint density at radius 3 is 2.67 bits per heavy atom. The van der Waals surface area contributed by atoms with Crippen molar-refractivity contribution in [3.63, 3.8) is 0 Å². The molecule has 0 N–H and O–H groups in total. The van der Waals surface area contributed by atoms with Gasteiger partial charge < -0.3 is 9.15 Å². The highest BCUT2D eigenvalue weighted by molar-refractivity contribution is 6.03. The van der Waals surface area contributed by atoms with Crippen LogP contribution >= 0.6 is 0 Å². The summed E-state index contributed by atoms with van der Waals surface area (Å²) in [4.78, 5) is 24.9. The number of aryl methyl sites for hydroxylation is 1. The van der Waals surface area contributed by atoms with Crippen molar-refractivity contribution in [2.24, 2.45) is 5.10 Å². The number of ether oxygens (including phenoxy) is 1. The number of esters is 1. The van der Waals surface area contributed by atoms with E-state index in [-0.39, 0.29) is 5.56 Å². The fourth-order valence-corrected chi connectivity index (χ4v) is 3.26. The molecule has 1 atom stereocenters.